The fraction of sp³-hybridized carbons (Fsp3) is 0.417. The largest absolute Gasteiger partial charge is 0.389 e. The normalized spacial score (nSPS) is 10.7. The van der Waals surface area contributed by atoms with Crippen LogP contribution in [-0.2, 0) is 4.74 Å². The highest BCUT2D eigenvalue weighted by Crippen LogP contribution is 2.20. The zero-order valence-corrected chi connectivity index (χ0v) is 10.9. The molecule has 0 atom stereocenters. The van der Waals surface area contributed by atoms with E-state index in [-0.39, 0.29) is 6.61 Å². The number of para-hydroxylation sites is 1. The SMILES string of the molecule is Cc1cccc(C(N)=S)c1NCCOCC(F)F. The molecule has 0 fully saturated rings. The van der Waals surface area contributed by atoms with Crippen molar-refractivity contribution in [2.75, 3.05) is 25.1 Å². The second kappa shape index (κ2) is 7.23. The van der Waals surface area contributed by atoms with Crippen LogP contribution in [-0.4, -0.2) is 31.2 Å². The molecule has 0 radical (unpaired) electrons. The van der Waals surface area contributed by atoms with Crippen LogP contribution in [0, 0.1) is 6.92 Å². The van der Waals surface area contributed by atoms with Crippen molar-refractivity contribution in [2.24, 2.45) is 5.73 Å². The summed E-state index contributed by atoms with van der Waals surface area (Å²) < 4.78 is 28.5. The van der Waals surface area contributed by atoms with Crippen molar-refractivity contribution < 1.29 is 13.5 Å². The number of hydrogen-bond donors (Lipinski definition) is 2. The monoisotopic (exact) mass is 274 g/mol. The summed E-state index contributed by atoms with van der Waals surface area (Å²) in [7, 11) is 0. The first-order valence-electron chi connectivity index (χ1n) is 5.51. The quantitative estimate of drug-likeness (QED) is 0.592. The fourth-order valence-corrected chi connectivity index (χ4v) is 1.70. The average Bonchev–Trinajstić information content (AvgIpc) is 2.29. The molecule has 3 nitrogen and oxygen atoms in total. The molecule has 18 heavy (non-hydrogen) atoms. The van der Waals surface area contributed by atoms with Crippen LogP contribution in [0.1, 0.15) is 11.1 Å². The lowest BCUT2D eigenvalue weighted by atomic mass is 10.1. The number of benzene rings is 1. The first kappa shape index (κ1) is 14.8. The number of alkyl halides is 2. The molecule has 1 rings (SSSR count). The average molecular weight is 274 g/mol. The third kappa shape index (κ3) is 4.54. The van der Waals surface area contributed by atoms with E-state index in [1.807, 2.05) is 25.1 Å². The molecule has 0 aliphatic heterocycles. The van der Waals surface area contributed by atoms with Crippen LogP contribution in [0.15, 0.2) is 18.2 Å². The van der Waals surface area contributed by atoms with Crippen molar-refractivity contribution in [1.82, 2.24) is 0 Å². The van der Waals surface area contributed by atoms with Gasteiger partial charge in [-0.25, -0.2) is 8.78 Å². The van der Waals surface area contributed by atoms with Crippen molar-refractivity contribution in [3.05, 3.63) is 29.3 Å². The molecule has 3 N–H and O–H groups in total. The second-order valence-electron chi connectivity index (χ2n) is 3.75. The van der Waals surface area contributed by atoms with Gasteiger partial charge in [0.1, 0.15) is 11.6 Å². The summed E-state index contributed by atoms with van der Waals surface area (Å²) in [6, 6.07) is 5.60. The highest BCUT2D eigenvalue weighted by atomic mass is 32.1. The van der Waals surface area contributed by atoms with Crippen molar-refractivity contribution >= 4 is 22.9 Å². The van der Waals surface area contributed by atoms with Crippen LogP contribution in [0.2, 0.25) is 0 Å². The Morgan fingerprint density at radius 2 is 2.22 bits per heavy atom. The predicted octanol–water partition coefficient (Wildman–Crippen LogP) is 2.32. The van der Waals surface area contributed by atoms with E-state index in [4.69, 9.17) is 22.7 Å². The predicted molar refractivity (Wildman–Crippen MR) is 72.4 cm³/mol. The Balaban J connectivity index is 2.53. The number of nitrogens with one attached hydrogen (secondary N) is 1. The first-order chi connectivity index (χ1) is 8.52. The van der Waals surface area contributed by atoms with Gasteiger partial charge in [0.25, 0.3) is 6.43 Å². The molecule has 1 aromatic carbocycles. The Bertz CT molecular complexity index is 413. The molecule has 6 heteroatoms. The number of ether oxygens (including phenoxy) is 1. The first-order valence-corrected chi connectivity index (χ1v) is 5.92. The van der Waals surface area contributed by atoms with Gasteiger partial charge >= 0.3 is 0 Å². The third-order valence-corrected chi connectivity index (χ3v) is 2.55. The van der Waals surface area contributed by atoms with Gasteiger partial charge in [-0.15, -0.1) is 0 Å². The minimum Gasteiger partial charge on any atom is -0.389 e. The van der Waals surface area contributed by atoms with Gasteiger partial charge in [0.15, 0.2) is 0 Å². The fourth-order valence-electron chi connectivity index (χ4n) is 1.53. The molecule has 0 heterocycles. The van der Waals surface area contributed by atoms with Crippen LogP contribution in [0.5, 0.6) is 0 Å². The zero-order valence-electron chi connectivity index (χ0n) is 10.1. The van der Waals surface area contributed by atoms with E-state index in [1.54, 1.807) is 0 Å². The minimum atomic E-state index is -2.43. The van der Waals surface area contributed by atoms with E-state index >= 15 is 0 Å². The van der Waals surface area contributed by atoms with E-state index < -0.39 is 13.0 Å². The topological polar surface area (TPSA) is 47.3 Å². The zero-order chi connectivity index (χ0) is 13.5. The van der Waals surface area contributed by atoms with E-state index in [1.165, 1.54) is 0 Å². The highest BCUT2D eigenvalue weighted by molar-refractivity contribution is 7.80. The molecule has 100 valence electrons. The summed E-state index contributed by atoms with van der Waals surface area (Å²) >= 11 is 4.95. The molecule has 0 aromatic heterocycles. The molecule has 0 unspecified atom stereocenters. The summed E-state index contributed by atoms with van der Waals surface area (Å²) in [6.45, 7) is 2.00. The van der Waals surface area contributed by atoms with Gasteiger partial charge in [-0.2, -0.15) is 0 Å². The standard InChI is InChI=1S/C12H16F2N2OS/c1-8-3-2-4-9(12(15)18)11(8)16-5-6-17-7-10(13)14/h2-4,10,16H,5-7H2,1H3,(H2,15,18). The van der Waals surface area contributed by atoms with Crippen molar-refractivity contribution in [2.45, 2.75) is 13.3 Å². The Morgan fingerprint density at radius 1 is 1.50 bits per heavy atom. The van der Waals surface area contributed by atoms with Gasteiger partial charge in [0.05, 0.1) is 6.61 Å². The molecule has 0 spiro atoms. The van der Waals surface area contributed by atoms with Gasteiger partial charge in [0, 0.05) is 17.8 Å². The number of aryl methyl sites for hydroxylation is 1. The summed E-state index contributed by atoms with van der Waals surface area (Å²) in [6.07, 6.45) is -2.43. The third-order valence-electron chi connectivity index (χ3n) is 2.33. The molecule has 0 saturated carbocycles. The van der Waals surface area contributed by atoms with Crippen molar-refractivity contribution in [1.29, 1.82) is 0 Å². The van der Waals surface area contributed by atoms with E-state index in [2.05, 4.69) is 5.32 Å². The van der Waals surface area contributed by atoms with Crippen LogP contribution >= 0.6 is 12.2 Å². The van der Waals surface area contributed by atoms with Crippen LogP contribution in [0.4, 0.5) is 14.5 Å². The lowest BCUT2D eigenvalue weighted by Gasteiger charge is -2.14. The van der Waals surface area contributed by atoms with Gasteiger partial charge in [-0.05, 0) is 18.6 Å². The van der Waals surface area contributed by atoms with E-state index in [0.29, 0.717) is 11.5 Å². The Labute approximate surface area is 110 Å². The Morgan fingerprint density at radius 3 is 2.83 bits per heavy atom. The molecule has 0 aliphatic rings. The smallest absolute Gasteiger partial charge is 0.261 e. The number of thiocarbonyl (C=S) groups is 1. The number of nitrogens with two attached hydrogens (primary N) is 1. The summed E-state index contributed by atoms with van der Waals surface area (Å²) in [5.74, 6) is 0. The molecule has 1 aromatic rings. The van der Waals surface area contributed by atoms with Crippen LogP contribution < -0.4 is 11.1 Å². The summed E-state index contributed by atoms with van der Waals surface area (Å²) in [5, 5.41) is 3.10. The number of hydrogen-bond acceptors (Lipinski definition) is 3. The van der Waals surface area contributed by atoms with Gasteiger partial charge < -0.3 is 15.8 Å². The maximum absolute atomic E-state index is 11.8. The number of rotatable bonds is 7. The van der Waals surface area contributed by atoms with E-state index in [0.717, 1.165) is 16.8 Å². The molecular weight excluding hydrogens is 258 g/mol. The number of anilines is 1. The van der Waals surface area contributed by atoms with Crippen molar-refractivity contribution in [3.8, 4) is 0 Å². The maximum Gasteiger partial charge on any atom is 0.261 e. The lowest BCUT2D eigenvalue weighted by molar-refractivity contribution is 0.0215. The van der Waals surface area contributed by atoms with Crippen LogP contribution in [0.25, 0.3) is 0 Å². The van der Waals surface area contributed by atoms with E-state index in [9.17, 15) is 8.78 Å². The molecule has 0 amide bonds. The molecule has 0 bridgehead atoms. The van der Waals surface area contributed by atoms with Gasteiger partial charge in [0.2, 0.25) is 0 Å². The van der Waals surface area contributed by atoms with Crippen molar-refractivity contribution in [3.63, 3.8) is 0 Å². The minimum absolute atomic E-state index is 0.204. The van der Waals surface area contributed by atoms with Crippen LogP contribution in [0.3, 0.4) is 0 Å². The number of halogens is 2. The van der Waals surface area contributed by atoms with Gasteiger partial charge in [-0.3, -0.25) is 0 Å². The maximum atomic E-state index is 11.8. The Kier molecular flexibility index (Phi) is 5.94. The second-order valence-corrected chi connectivity index (χ2v) is 4.19. The highest BCUT2D eigenvalue weighted by Gasteiger charge is 2.07. The molecule has 0 aliphatic carbocycles. The Hall–Kier alpha value is -1.27. The molecular formula is C12H16F2N2OS. The summed E-state index contributed by atoms with van der Waals surface area (Å²) in [5.41, 5.74) is 8.18. The molecule has 0 saturated heterocycles. The lowest BCUT2D eigenvalue weighted by Crippen LogP contribution is -2.17. The van der Waals surface area contributed by atoms with Gasteiger partial charge in [-0.1, -0.05) is 24.4 Å². The summed E-state index contributed by atoms with van der Waals surface area (Å²) in [4.78, 5) is 0.301.